The van der Waals surface area contributed by atoms with Crippen LogP contribution in [0.3, 0.4) is 0 Å². The molecule has 3 rings (SSSR count). The number of hydrogen-bond acceptors (Lipinski definition) is 2. The summed E-state index contributed by atoms with van der Waals surface area (Å²) in [5, 5.41) is 0. The van der Waals surface area contributed by atoms with Crippen molar-refractivity contribution in [2.45, 2.75) is 29.8 Å². The lowest BCUT2D eigenvalue weighted by molar-refractivity contribution is -0.186. The molecule has 1 fully saturated rings. The Hall–Kier alpha value is -0.680. The molecule has 0 spiro atoms. The first-order chi connectivity index (χ1) is 9.54. The molecule has 1 aromatic carbocycles. The van der Waals surface area contributed by atoms with E-state index in [4.69, 9.17) is 0 Å². The van der Waals surface area contributed by atoms with Crippen molar-refractivity contribution in [1.29, 1.82) is 0 Å². The first-order valence-electron chi connectivity index (χ1n) is 7.05. The molecule has 0 saturated carbocycles. The fourth-order valence-corrected chi connectivity index (χ4v) is 4.42. The summed E-state index contributed by atoms with van der Waals surface area (Å²) in [4.78, 5) is 3.30. The van der Waals surface area contributed by atoms with Gasteiger partial charge >= 0.3 is 6.18 Å². The average molecular weight is 301 g/mol. The van der Waals surface area contributed by atoms with E-state index >= 15 is 0 Å². The van der Waals surface area contributed by atoms with Gasteiger partial charge in [-0.3, -0.25) is 0 Å². The first-order valence-corrected chi connectivity index (χ1v) is 8.03. The van der Waals surface area contributed by atoms with Crippen LogP contribution in [-0.2, 0) is 0 Å². The van der Waals surface area contributed by atoms with Crippen LogP contribution < -0.4 is 0 Å². The summed E-state index contributed by atoms with van der Waals surface area (Å²) in [5.74, 6) is 0.232. The fraction of sp³-hybridized carbons (Fsp3) is 0.600. The third kappa shape index (κ3) is 2.98. The number of rotatable bonds is 2. The van der Waals surface area contributed by atoms with Gasteiger partial charge in [0.2, 0.25) is 0 Å². The molecule has 0 amide bonds. The van der Waals surface area contributed by atoms with E-state index in [1.54, 1.807) is 0 Å². The van der Waals surface area contributed by atoms with Gasteiger partial charge in [-0.25, -0.2) is 0 Å². The van der Waals surface area contributed by atoms with Crippen LogP contribution in [-0.4, -0.2) is 36.5 Å². The lowest BCUT2D eigenvalue weighted by Gasteiger charge is -2.35. The molecule has 0 radical (unpaired) electrons. The fourth-order valence-electron chi connectivity index (χ4n) is 3.18. The predicted octanol–water partition coefficient (Wildman–Crippen LogP) is 4.15. The zero-order valence-corrected chi connectivity index (χ0v) is 12.0. The minimum Gasteiger partial charge on any atom is -0.302 e. The summed E-state index contributed by atoms with van der Waals surface area (Å²) >= 11 is 1.82. The summed E-state index contributed by atoms with van der Waals surface area (Å²) in [6, 6.07) is 8.27. The Kier molecular flexibility index (Phi) is 4.00. The molecule has 0 aliphatic carbocycles. The van der Waals surface area contributed by atoms with Gasteiger partial charge in [-0.15, -0.1) is 11.8 Å². The minimum absolute atomic E-state index is 0.173. The van der Waals surface area contributed by atoms with Gasteiger partial charge in [0.25, 0.3) is 0 Å². The van der Waals surface area contributed by atoms with E-state index in [0.29, 0.717) is 12.3 Å². The Labute approximate surface area is 121 Å². The van der Waals surface area contributed by atoms with Crippen molar-refractivity contribution in [3.63, 3.8) is 0 Å². The van der Waals surface area contributed by atoms with Crippen LogP contribution in [0.5, 0.6) is 0 Å². The van der Waals surface area contributed by atoms with E-state index in [1.807, 2.05) is 28.8 Å². The Morgan fingerprint density at radius 2 is 2.05 bits per heavy atom. The maximum Gasteiger partial charge on any atom is 0.393 e. The number of thioether (sulfide) groups is 1. The van der Waals surface area contributed by atoms with Gasteiger partial charge < -0.3 is 4.90 Å². The summed E-state index contributed by atoms with van der Waals surface area (Å²) in [5.41, 5.74) is 1.31. The number of likely N-dealkylation sites (tertiary alicyclic amines) is 1. The highest BCUT2D eigenvalue weighted by Crippen LogP contribution is 2.40. The zero-order chi connectivity index (χ0) is 14.2. The lowest BCUT2D eigenvalue weighted by atomic mass is 9.95. The van der Waals surface area contributed by atoms with Crippen molar-refractivity contribution in [3.05, 3.63) is 29.8 Å². The van der Waals surface area contributed by atoms with E-state index < -0.39 is 12.1 Å². The molecule has 2 aliphatic rings. The molecular weight excluding hydrogens is 283 g/mol. The van der Waals surface area contributed by atoms with E-state index in [1.165, 1.54) is 10.5 Å². The molecule has 110 valence electrons. The quantitative estimate of drug-likeness (QED) is 0.807. The van der Waals surface area contributed by atoms with Gasteiger partial charge in [0.1, 0.15) is 0 Å². The van der Waals surface area contributed by atoms with Crippen LogP contribution in [0.2, 0.25) is 0 Å². The maximum atomic E-state index is 12.8. The second kappa shape index (κ2) is 5.60. The third-order valence-corrected chi connectivity index (χ3v) is 5.50. The molecule has 0 bridgehead atoms. The maximum absolute atomic E-state index is 12.8. The smallest absolute Gasteiger partial charge is 0.302 e. The summed E-state index contributed by atoms with van der Waals surface area (Å²) in [7, 11) is 0. The molecule has 2 atom stereocenters. The highest BCUT2D eigenvalue weighted by molar-refractivity contribution is 7.99. The molecule has 0 N–H and O–H groups in total. The van der Waals surface area contributed by atoms with E-state index in [0.717, 1.165) is 18.8 Å². The standard InChI is InChI=1S/C15H18F3NS/c16-15(17,18)12-4-3-7-19(9-12)8-11-10-20-14-6-2-1-5-13(11)14/h1-2,5-6,11-12H,3-4,7-10H2. The summed E-state index contributed by atoms with van der Waals surface area (Å²) in [6.45, 7) is 1.74. The number of fused-ring (bicyclic) bond motifs is 1. The van der Waals surface area contributed by atoms with Crippen LogP contribution in [0.15, 0.2) is 29.2 Å². The van der Waals surface area contributed by atoms with Gasteiger partial charge in [-0.1, -0.05) is 18.2 Å². The van der Waals surface area contributed by atoms with Crippen molar-refractivity contribution in [1.82, 2.24) is 4.90 Å². The zero-order valence-electron chi connectivity index (χ0n) is 11.2. The van der Waals surface area contributed by atoms with E-state index in [9.17, 15) is 13.2 Å². The highest BCUT2D eigenvalue weighted by atomic mass is 32.2. The Morgan fingerprint density at radius 1 is 1.25 bits per heavy atom. The minimum atomic E-state index is -4.04. The normalized spacial score (nSPS) is 27.6. The van der Waals surface area contributed by atoms with Crippen LogP contribution in [0.25, 0.3) is 0 Å². The Balaban J connectivity index is 1.64. The van der Waals surface area contributed by atoms with Crippen LogP contribution >= 0.6 is 11.8 Å². The number of hydrogen-bond donors (Lipinski definition) is 0. The largest absolute Gasteiger partial charge is 0.393 e. The Bertz CT molecular complexity index is 474. The van der Waals surface area contributed by atoms with E-state index in [2.05, 4.69) is 12.1 Å². The molecule has 2 unspecified atom stereocenters. The molecule has 1 saturated heterocycles. The molecule has 1 nitrogen and oxygen atoms in total. The monoisotopic (exact) mass is 301 g/mol. The SMILES string of the molecule is FC(F)(F)C1CCCN(CC2CSc3ccccc32)C1. The highest BCUT2D eigenvalue weighted by Gasteiger charge is 2.42. The summed E-state index contributed by atoms with van der Waals surface area (Å²) in [6.07, 6.45) is -3.09. The molecule has 0 aromatic heterocycles. The van der Waals surface area contributed by atoms with E-state index in [-0.39, 0.29) is 13.0 Å². The van der Waals surface area contributed by atoms with Crippen molar-refractivity contribution >= 4 is 11.8 Å². The molecular formula is C15H18F3NS. The van der Waals surface area contributed by atoms with Gasteiger partial charge in [-0.05, 0) is 31.0 Å². The average Bonchev–Trinajstić information content (AvgIpc) is 2.82. The number of halogens is 3. The number of alkyl halides is 3. The molecule has 2 aliphatic heterocycles. The second-order valence-corrected chi connectivity index (χ2v) is 6.75. The number of nitrogens with zero attached hydrogens (tertiary/aromatic N) is 1. The second-order valence-electron chi connectivity index (χ2n) is 5.69. The van der Waals surface area contributed by atoms with Gasteiger partial charge in [-0.2, -0.15) is 13.2 Å². The topological polar surface area (TPSA) is 3.24 Å². The van der Waals surface area contributed by atoms with Crippen LogP contribution in [0, 0.1) is 5.92 Å². The molecule has 2 heterocycles. The molecule has 20 heavy (non-hydrogen) atoms. The Morgan fingerprint density at radius 3 is 2.85 bits per heavy atom. The first kappa shape index (κ1) is 14.3. The summed E-state index contributed by atoms with van der Waals surface area (Å²) < 4.78 is 38.5. The lowest BCUT2D eigenvalue weighted by Crippen LogP contribution is -2.43. The third-order valence-electron chi connectivity index (χ3n) is 4.25. The number of piperidine rings is 1. The van der Waals surface area contributed by atoms with Crippen molar-refractivity contribution in [2.24, 2.45) is 5.92 Å². The van der Waals surface area contributed by atoms with Crippen molar-refractivity contribution < 1.29 is 13.2 Å². The van der Waals surface area contributed by atoms with Crippen molar-refractivity contribution in [2.75, 3.05) is 25.4 Å². The van der Waals surface area contributed by atoms with Crippen LogP contribution in [0.4, 0.5) is 13.2 Å². The molecule has 5 heteroatoms. The van der Waals surface area contributed by atoms with Crippen LogP contribution in [0.1, 0.15) is 24.3 Å². The van der Waals surface area contributed by atoms with Gasteiger partial charge in [0.15, 0.2) is 0 Å². The predicted molar refractivity (Wildman–Crippen MR) is 75.1 cm³/mol. The number of benzene rings is 1. The van der Waals surface area contributed by atoms with Gasteiger partial charge in [0, 0.05) is 29.7 Å². The van der Waals surface area contributed by atoms with Gasteiger partial charge in [0.05, 0.1) is 5.92 Å². The van der Waals surface area contributed by atoms with Crippen molar-refractivity contribution in [3.8, 4) is 0 Å². The molecule has 1 aromatic rings.